The van der Waals surface area contributed by atoms with Gasteiger partial charge in [0.15, 0.2) is 0 Å². The fourth-order valence-electron chi connectivity index (χ4n) is 13.3. The minimum atomic E-state index is -0.247. The number of hydrogen-bond acceptors (Lipinski definition) is 4. The third-order valence-electron chi connectivity index (χ3n) is 17.4. The first-order chi connectivity index (χ1) is 36.3. The molecule has 0 unspecified atom stereocenters. The lowest BCUT2D eigenvalue weighted by Crippen LogP contribution is -2.61. The third-order valence-corrected chi connectivity index (χ3v) is 18.5. The number of fused-ring (bicyclic) bond motifs is 13. The van der Waals surface area contributed by atoms with Gasteiger partial charge in [-0.3, -0.25) is 4.90 Å². The van der Waals surface area contributed by atoms with Gasteiger partial charge in [0, 0.05) is 59.2 Å². The van der Waals surface area contributed by atoms with Crippen LogP contribution in [-0.4, -0.2) is 6.85 Å². The number of nitrogens with zero attached hydrogens (tertiary/aromatic N) is 2. The van der Waals surface area contributed by atoms with Crippen LogP contribution < -0.4 is 20.6 Å². The fourth-order valence-corrected chi connectivity index (χ4v) is 14.4. The summed E-state index contributed by atoms with van der Waals surface area (Å²) in [6, 6.07) is 73.6. The van der Waals surface area contributed by atoms with Gasteiger partial charge < -0.3 is 9.23 Å². The lowest BCUT2D eigenvalue weighted by atomic mass is 9.43. The van der Waals surface area contributed by atoms with E-state index in [9.17, 15) is 0 Å². The molecule has 0 amide bonds. The Bertz CT molecular complexity index is 4350. The molecule has 0 radical (unpaired) electrons. The van der Waals surface area contributed by atoms with Crippen molar-refractivity contribution in [1.82, 2.24) is 0 Å². The topological polar surface area (TPSA) is 19.6 Å². The van der Waals surface area contributed by atoms with Crippen LogP contribution in [-0.2, 0) is 16.2 Å². The lowest BCUT2D eigenvalue weighted by molar-refractivity contribution is 0.332. The first kappa shape index (κ1) is 44.6. The minimum Gasteiger partial charge on any atom is -0.440 e. The van der Waals surface area contributed by atoms with Crippen LogP contribution in [0.1, 0.15) is 78.0 Å². The normalized spacial score (nSPS) is 15.4. The monoisotopic (exact) mass is 984 g/mol. The summed E-state index contributed by atoms with van der Waals surface area (Å²) in [5.41, 5.74) is 19.4. The molecule has 0 atom stereocenters. The number of thiophene rings is 1. The highest BCUT2D eigenvalue weighted by Gasteiger charge is 2.50. The Morgan fingerprint density at radius 2 is 1.09 bits per heavy atom. The second kappa shape index (κ2) is 15.8. The van der Waals surface area contributed by atoms with Gasteiger partial charge in [0.25, 0.3) is 0 Å². The highest BCUT2D eigenvalue weighted by atomic mass is 32.1. The van der Waals surface area contributed by atoms with Gasteiger partial charge in [-0.1, -0.05) is 176 Å². The highest BCUT2D eigenvalue weighted by molar-refractivity contribution is 7.26. The average Bonchev–Trinajstić information content (AvgIpc) is 4.17. The molecule has 75 heavy (non-hydrogen) atoms. The molecule has 3 nitrogen and oxygen atoms in total. The van der Waals surface area contributed by atoms with Crippen molar-refractivity contribution in [2.45, 2.75) is 77.6 Å². The molecule has 15 rings (SSSR count). The Morgan fingerprint density at radius 1 is 0.480 bits per heavy atom. The van der Waals surface area contributed by atoms with Crippen LogP contribution in [0.2, 0.25) is 0 Å². The molecule has 0 bridgehead atoms. The predicted octanol–water partition coefficient (Wildman–Crippen LogP) is 18.8. The fraction of sp³-hybridized carbons (Fsp3) is 0.171. The predicted molar refractivity (Wildman–Crippen MR) is 323 cm³/mol. The Hall–Kier alpha value is -7.86. The van der Waals surface area contributed by atoms with E-state index in [2.05, 4.69) is 252 Å². The van der Waals surface area contributed by atoms with E-state index >= 15 is 0 Å². The number of rotatable bonds is 4. The van der Waals surface area contributed by atoms with Gasteiger partial charge in [-0.25, -0.2) is 0 Å². The minimum absolute atomic E-state index is 0.000926. The van der Waals surface area contributed by atoms with Crippen molar-refractivity contribution in [3.63, 3.8) is 0 Å². The molecule has 0 fully saturated rings. The van der Waals surface area contributed by atoms with E-state index in [4.69, 9.17) is 4.42 Å². The zero-order valence-electron chi connectivity index (χ0n) is 43.7. The van der Waals surface area contributed by atoms with Crippen molar-refractivity contribution in [1.29, 1.82) is 0 Å². The molecule has 0 saturated carbocycles. The van der Waals surface area contributed by atoms with Crippen LogP contribution in [0.5, 0.6) is 0 Å². The van der Waals surface area contributed by atoms with E-state index < -0.39 is 0 Å². The Balaban J connectivity index is 1.11. The van der Waals surface area contributed by atoms with E-state index in [-0.39, 0.29) is 23.1 Å². The van der Waals surface area contributed by atoms with E-state index in [0.29, 0.717) is 0 Å². The third kappa shape index (κ3) is 6.66. The smallest absolute Gasteiger partial charge is 0.337 e. The van der Waals surface area contributed by atoms with Crippen LogP contribution >= 0.6 is 11.3 Å². The summed E-state index contributed by atoms with van der Waals surface area (Å²) in [7, 11) is 0. The van der Waals surface area contributed by atoms with E-state index in [0.717, 1.165) is 41.4 Å². The largest absolute Gasteiger partial charge is 0.440 e. The second-order valence-electron chi connectivity index (χ2n) is 23.9. The Morgan fingerprint density at radius 3 is 1.81 bits per heavy atom. The summed E-state index contributed by atoms with van der Waals surface area (Å²) < 4.78 is 10.3. The van der Waals surface area contributed by atoms with Crippen molar-refractivity contribution < 1.29 is 4.42 Å². The van der Waals surface area contributed by atoms with Gasteiger partial charge in [0.1, 0.15) is 5.58 Å². The summed E-state index contributed by atoms with van der Waals surface area (Å²) in [5.74, 6) is 0.881. The highest BCUT2D eigenvalue weighted by Crippen LogP contribution is 2.55. The summed E-state index contributed by atoms with van der Waals surface area (Å²) >= 11 is 1.91. The summed E-state index contributed by atoms with van der Waals surface area (Å²) in [6.07, 6.45) is 2.25. The molecule has 1 aliphatic carbocycles. The van der Waals surface area contributed by atoms with E-state index in [1.807, 2.05) is 11.3 Å². The quantitative estimate of drug-likeness (QED) is 0.164. The SMILES string of the molecule is CC(C)(C)c1ccc(N2c3cc4ccccc4c4c3B(c3c2oc2cc5c(cc32)C(C)(C)CCC5(C)C)N(c2ccc(-c3ccccc3)cc2)c2cc3sc5cc6ccccc6cc5c3cc2-4)c(-c2ccccc2)c1. The van der Waals surface area contributed by atoms with Crippen LogP contribution in [0.3, 0.4) is 0 Å². The maximum Gasteiger partial charge on any atom is 0.337 e. The molecule has 2 aromatic heterocycles. The van der Waals surface area contributed by atoms with Crippen molar-refractivity contribution in [3.8, 4) is 33.4 Å². The number of hydrogen-bond donors (Lipinski definition) is 0. The molecular weight excluding hydrogens is 928 g/mol. The molecule has 2 aliphatic heterocycles. The van der Waals surface area contributed by atoms with Crippen LogP contribution in [0.25, 0.3) is 86.1 Å². The number of benzene rings is 10. The van der Waals surface area contributed by atoms with Crippen molar-refractivity contribution in [2.75, 3.05) is 9.71 Å². The summed E-state index contributed by atoms with van der Waals surface area (Å²) in [5, 5.41) is 8.78. The Labute approximate surface area is 443 Å². The maximum absolute atomic E-state index is 7.74. The first-order valence-electron chi connectivity index (χ1n) is 26.8. The molecular formula is C70H57BN2OS. The van der Waals surface area contributed by atoms with Crippen molar-refractivity contribution in [3.05, 3.63) is 211 Å². The number of anilines is 5. The molecule has 0 saturated heterocycles. The molecule has 0 spiro atoms. The van der Waals surface area contributed by atoms with Gasteiger partial charge in [-0.2, -0.15) is 0 Å². The van der Waals surface area contributed by atoms with Gasteiger partial charge >= 0.3 is 6.85 Å². The zero-order chi connectivity index (χ0) is 50.7. The van der Waals surface area contributed by atoms with Crippen LogP contribution in [0.4, 0.5) is 28.6 Å². The van der Waals surface area contributed by atoms with E-state index in [1.54, 1.807) is 0 Å². The van der Waals surface area contributed by atoms with Gasteiger partial charge in [-0.15, -0.1) is 11.3 Å². The average molecular weight is 985 g/mol. The molecule has 12 aromatic rings. The lowest BCUT2D eigenvalue weighted by Gasteiger charge is -2.45. The molecule has 362 valence electrons. The van der Waals surface area contributed by atoms with Crippen LogP contribution in [0, 0.1) is 0 Å². The Kier molecular flexibility index (Phi) is 9.42. The van der Waals surface area contributed by atoms with Gasteiger partial charge in [0.05, 0.1) is 5.69 Å². The van der Waals surface area contributed by atoms with Gasteiger partial charge in [0.2, 0.25) is 5.88 Å². The molecule has 10 aromatic carbocycles. The number of furan rings is 1. The zero-order valence-corrected chi connectivity index (χ0v) is 44.5. The molecule has 3 aliphatic rings. The first-order valence-corrected chi connectivity index (χ1v) is 27.6. The van der Waals surface area contributed by atoms with Crippen molar-refractivity contribution >= 4 is 110 Å². The molecule has 4 heterocycles. The molecule has 0 N–H and O–H groups in total. The summed E-state index contributed by atoms with van der Waals surface area (Å²) in [6.45, 7) is 16.5. The molecule has 5 heteroatoms. The standard InChI is InChI=1S/C70H57BN2OS/c1-68(2,3)48-28-31-58(51(37-48)44-20-12-9-13-21-44)72-60-35-47-24-16-17-25-50(47)64-54-38-53-52-34-45-22-14-15-23-46(45)36-62(52)75-63(53)41-59(54)73(49-29-26-43(27-30-49)42-18-10-8-11-19-42)71(66(60)64)65-55-39-56-57(40-61(55)74-67(65)72)70(6,7)33-32-69(56,4)5/h8-31,34-41H,32-33H2,1-7H3. The van der Waals surface area contributed by atoms with Gasteiger partial charge in [-0.05, 0) is 162 Å². The second-order valence-corrected chi connectivity index (χ2v) is 25.0. The van der Waals surface area contributed by atoms with Crippen LogP contribution in [0.15, 0.2) is 199 Å². The maximum atomic E-state index is 7.74. The summed E-state index contributed by atoms with van der Waals surface area (Å²) in [4.78, 5) is 5.21. The van der Waals surface area contributed by atoms with Crippen molar-refractivity contribution in [2.24, 2.45) is 0 Å². The van der Waals surface area contributed by atoms with E-state index in [1.165, 1.54) is 114 Å².